The van der Waals surface area contributed by atoms with Crippen LogP contribution in [0, 0.1) is 0 Å². The molecule has 0 saturated heterocycles. The van der Waals surface area contributed by atoms with Crippen LogP contribution >= 0.6 is 0 Å². The van der Waals surface area contributed by atoms with Crippen molar-refractivity contribution in [3.63, 3.8) is 0 Å². The van der Waals surface area contributed by atoms with Crippen molar-refractivity contribution < 1.29 is 0 Å². The molecule has 36 heavy (non-hydrogen) atoms. The number of hydrogen-bond donors (Lipinski definition) is 0. The molecular weight excluding hydrogens is 452 g/mol. The smallest absolute Gasteiger partial charge is 0.0775 e. The minimum Gasteiger partial charge on any atom is -0.256 e. The van der Waals surface area contributed by atoms with E-state index in [1.54, 1.807) is 0 Å². The van der Waals surface area contributed by atoms with Crippen LogP contribution in [0.3, 0.4) is 0 Å². The van der Waals surface area contributed by atoms with Crippen LogP contribution in [0.2, 0.25) is 19.6 Å². The van der Waals surface area contributed by atoms with Crippen molar-refractivity contribution in [1.29, 1.82) is 0 Å². The van der Waals surface area contributed by atoms with Crippen molar-refractivity contribution in [3.8, 4) is 33.5 Å². The van der Waals surface area contributed by atoms with Gasteiger partial charge in [0.2, 0.25) is 0 Å². The molecule has 0 amide bonds. The Hall–Kier alpha value is -4.08. The lowest BCUT2D eigenvalue weighted by Crippen LogP contribution is -2.37. The van der Waals surface area contributed by atoms with Crippen molar-refractivity contribution in [1.82, 2.24) is 9.97 Å². The number of pyridine rings is 2. The van der Waals surface area contributed by atoms with Crippen LogP contribution in [0.4, 0.5) is 0 Å². The summed E-state index contributed by atoms with van der Waals surface area (Å²) >= 11 is 0. The van der Waals surface area contributed by atoms with Crippen LogP contribution in [-0.4, -0.2) is 18.0 Å². The number of rotatable bonds is 4. The highest BCUT2D eigenvalue weighted by Crippen LogP contribution is 2.29. The first-order chi connectivity index (χ1) is 17.4. The fourth-order valence-electron chi connectivity index (χ4n) is 4.71. The number of nitrogens with zero attached hydrogens (tertiary/aromatic N) is 2. The third-order valence-corrected chi connectivity index (χ3v) is 8.98. The Morgan fingerprint density at radius 3 is 1.86 bits per heavy atom. The van der Waals surface area contributed by atoms with Crippen LogP contribution in [-0.2, 0) is 0 Å². The molecule has 0 saturated carbocycles. The van der Waals surface area contributed by atoms with Crippen LogP contribution in [0.25, 0.3) is 55.2 Å². The van der Waals surface area contributed by atoms with Crippen LogP contribution in [0.1, 0.15) is 0 Å². The zero-order valence-corrected chi connectivity index (χ0v) is 21.9. The zero-order valence-electron chi connectivity index (χ0n) is 20.9. The van der Waals surface area contributed by atoms with E-state index < -0.39 is 8.07 Å². The quantitative estimate of drug-likeness (QED) is 0.237. The van der Waals surface area contributed by atoms with E-state index in [0.717, 1.165) is 33.3 Å². The van der Waals surface area contributed by atoms with Gasteiger partial charge in [0.25, 0.3) is 0 Å². The van der Waals surface area contributed by atoms with Gasteiger partial charge in [-0.25, -0.2) is 0 Å². The van der Waals surface area contributed by atoms with Gasteiger partial charge in [-0.3, -0.25) is 9.97 Å². The topological polar surface area (TPSA) is 25.8 Å². The van der Waals surface area contributed by atoms with E-state index >= 15 is 0 Å². The molecule has 174 valence electrons. The third kappa shape index (κ3) is 4.34. The van der Waals surface area contributed by atoms with Crippen molar-refractivity contribution in [2.24, 2.45) is 0 Å². The average Bonchev–Trinajstić information content (AvgIpc) is 2.92. The largest absolute Gasteiger partial charge is 0.256 e. The fraction of sp³-hybridized carbons (Fsp3) is 0.0909. The van der Waals surface area contributed by atoms with Crippen molar-refractivity contribution in [2.75, 3.05) is 0 Å². The summed E-state index contributed by atoms with van der Waals surface area (Å²) in [4.78, 5) is 9.56. The number of hydrogen-bond acceptors (Lipinski definition) is 2. The highest BCUT2D eigenvalue weighted by Gasteiger charge is 2.16. The highest BCUT2D eigenvalue weighted by atomic mass is 28.3. The van der Waals surface area contributed by atoms with E-state index in [4.69, 9.17) is 9.97 Å². The Labute approximate surface area is 213 Å². The molecule has 0 bridgehead atoms. The molecule has 0 spiro atoms. The maximum absolute atomic E-state index is 4.79. The molecule has 0 atom stereocenters. The lowest BCUT2D eigenvalue weighted by molar-refractivity contribution is 1.32. The van der Waals surface area contributed by atoms with E-state index in [9.17, 15) is 0 Å². The second-order valence-electron chi connectivity index (χ2n) is 10.5. The Kier molecular flexibility index (Phi) is 5.50. The first-order valence-electron chi connectivity index (χ1n) is 12.4. The Bertz CT molecular complexity index is 1700. The minimum absolute atomic E-state index is 0.975. The Morgan fingerprint density at radius 2 is 1.11 bits per heavy atom. The van der Waals surface area contributed by atoms with E-state index in [2.05, 4.69) is 123 Å². The standard InChI is InChI=1S/C33H28N2Si/c1-36(2,3)31-15-12-24(13-16-31)26-9-11-28-19-30(22-35-33(28)20-26)29-14-17-32(34-21-29)27-10-8-23-6-4-5-7-25(23)18-27/h4-22H,1-3H3. The summed E-state index contributed by atoms with van der Waals surface area (Å²) in [6.07, 6.45) is 3.90. The van der Waals surface area contributed by atoms with E-state index in [-0.39, 0.29) is 0 Å². The van der Waals surface area contributed by atoms with Crippen LogP contribution in [0.5, 0.6) is 0 Å². The van der Waals surface area contributed by atoms with E-state index in [1.165, 1.54) is 27.1 Å². The lowest BCUT2D eigenvalue weighted by atomic mass is 10.0. The van der Waals surface area contributed by atoms with E-state index in [0.29, 0.717) is 0 Å². The van der Waals surface area contributed by atoms with Gasteiger partial charge in [-0.2, -0.15) is 0 Å². The maximum atomic E-state index is 4.79. The third-order valence-electron chi connectivity index (χ3n) is 6.91. The molecule has 0 radical (unpaired) electrons. The summed E-state index contributed by atoms with van der Waals surface area (Å²) in [5.74, 6) is 0. The summed E-state index contributed by atoms with van der Waals surface area (Å²) in [6, 6.07) is 36.9. The van der Waals surface area contributed by atoms with Gasteiger partial charge in [0.05, 0.1) is 19.3 Å². The summed E-state index contributed by atoms with van der Waals surface area (Å²) in [6.45, 7) is 7.14. The molecular formula is C33H28N2Si. The van der Waals surface area contributed by atoms with Gasteiger partial charge in [-0.1, -0.05) is 104 Å². The monoisotopic (exact) mass is 480 g/mol. The molecule has 0 aliphatic heterocycles. The van der Waals surface area contributed by atoms with E-state index in [1.807, 2.05) is 12.4 Å². The van der Waals surface area contributed by atoms with Gasteiger partial charge in [0.1, 0.15) is 0 Å². The first-order valence-corrected chi connectivity index (χ1v) is 15.9. The average molecular weight is 481 g/mol. The molecule has 2 aromatic heterocycles. The molecule has 0 unspecified atom stereocenters. The van der Waals surface area contributed by atoms with Crippen LogP contribution < -0.4 is 5.19 Å². The Morgan fingerprint density at radius 1 is 0.472 bits per heavy atom. The summed E-state index contributed by atoms with van der Waals surface area (Å²) in [5.41, 5.74) is 7.69. The van der Waals surface area contributed by atoms with Crippen molar-refractivity contribution in [3.05, 3.63) is 116 Å². The molecule has 2 heterocycles. The SMILES string of the molecule is C[Si](C)(C)c1ccc(-c2ccc3cc(-c4ccc(-c5ccc6ccccc6c5)nc4)cnc3c2)cc1. The van der Waals surface area contributed by atoms with Gasteiger partial charge in [-0.05, 0) is 46.2 Å². The van der Waals surface area contributed by atoms with Gasteiger partial charge < -0.3 is 0 Å². The van der Waals surface area contributed by atoms with Crippen molar-refractivity contribution in [2.45, 2.75) is 19.6 Å². The minimum atomic E-state index is -1.29. The number of benzene rings is 4. The molecule has 3 heteroatoms. The molecule has 0 fully saturated rings. The van der Waals surface area contributed by atoms with Crippen molar-refractivity contribution >= 4 is 34.9 Å². The number of aromatic nitrogens is 2. The lowest BCUT2D eigenvalue weighted by Gasteiger charge is -2.16. The molecule has 6 rings (SSSR count). The molecule has 6 aromatic rings. The molecule has 0 aliphatic rings. The second kappa shape index (κ2) is 8.85. The summed E-state index contributed by atoms with van der Waals surface area (Å²) in [7, 11) is -1.29. The number of fused-ring (bicyclic) bond motifs is 2. The zero-order chi connectivity index (χ0) is 24.7. The molecule has 0 aliphatic carbocycles. The first kappa shape index (κ1) is 22.4. The molecule has 2 nitrogen and oxygen atoms in total. The molecule has 4 aromatic carbocycles. The second-order valence-corrected chi connectivity index (χ2v) is 15.5. The fourth-order valence-corrected chi connectivity index (χ4v) is 5.87. The maximum Gasteiger partial charge on any atom is 0.0775 e. The normalized spacial score (nSPS) is 11.8. The predicted molar refractivity (Wildman–Crippen MR) is 156 cm³/mol. The Balaban J connectivity index is 1.27. The van der Waals surface area contributed by atoms with Gasteiger partial charge in [0.15, 0.2) is 0 Å². The van der Waals surface area contributed by atoms with Gasteiger partial charge >= 0.3 is 0 Å². The predicted octanol–water partition coefficient (Wildman–Crippen LogP) is 8.33. The van der Waals surface area contributed by atoms with Gasteiger partial charge in [0, 0.05) is 34.5 Å². The summed E-state index contributed by atoms with van der Waals surface area (Å²) < 4.78 is 0. The molecule has 0 N–H and O–H groups in total. The van der Waals surface area contributed by atoms with Crippen LogP contribution in [0.15, 0.2) is 116 Å². The van der Waals surface area contributed by atoms with Gasteiger partial charge in [-0.15, -0.1) is 0 Å². The highest BCUT2D eigenvalue weighted by molar-refractivity contribution is 6.88. The summed E-state index contributed by atoms with van der Waals surface area (Å²) in [5, 5.41) is 5.08.